The Kier molecular flexibility index (Phi) is 8.27. The van der Waals surface area contributed by atoms with Gasteiger partial charge in [0.15, 0.2) is 0 Å². The fraction of sp³-hybridized carbons (Fsp3) is 0.219. The summed E-state index contributed by atoms with van der Waals surface area (Å²) in [6, 6.07) is 34.2. The van der Waals surface area contributed by atoms with E-state index in [2.05, 4.69) is 53.4 Å². The molecule has 0 atom stereocenters. The highest BCUT2D eigenvalue weighted by molar-refractivity contribution is 6.32. The van der Waals surface area contributed by atoms with Crippen LogP contribution >= 0.6 is 11.6 Å². The monoisotopic (exact) mass is 526 g/mol. The van der Waals surface area contributed by atoms with Gasteiger partial charge in [-0.25, -0.2) is 0 Å². The predicted octanol–water partition coefficient (Wildman–Crippen LogP) is 6.48. The van der Waals surface area contributed by atoms with Gasteiger partial charge in [-0.05, 0) is 41.5 Å². The molecule has 0 unspecified atom stereocenters. The number of rotatable bonds is 8. The van der Waals surface area contributed by atoms with E-state index in [-0.39, 0.29) is 18.6 Å². The average Bonchev–Trinajstić information content (AvgIpc) is 2.98. The van der Waals surface area contributed by atoms with E-state index in [9.17, 15) is 4.79 Å². The van der Waals surface area contributed by atoms with Crippen molar-refractivity contribution in [3.63, 3.8) is 0 Å². The number of benzene rings is 4. The van der Waals surface area contributed by atoms with Gasteiger partial charge in [-0.1, -0.05) is 84.4 Å². The molecule has 0 spiro atoms. The van der Waals surface area contributed by atoms with Crippen LogP contribution in [0.25, 0.3) is 0 Å². The van der Waals surface area contributed by atoms with E-state index in [1.165, 1.54) is 11.1 Å². The number of methoxy groups -OCH3 is 1. The van der Waals surface area contributed by atoms with Crippen LogP contribution in [0.4, 0.5) is 0 Å². The summed E-state index contributed by atoms with van der Waals surface area (Å²) >= 11 is 6.24. The molecule has 1 saturated heterocycles. The highest BCUT2D eigenvalue weighted by atomic mass is 35.5. The molecule has 0 aromatic heterocycles. The van der Waals surface area contributed by atoms with Gasteiger partial charge in [0.1, 0.15) is 18.1 Å². The summed E-state index contributed by atoms with van der Waals surface area (Å²) in [4.78, 5) is 17.9. The van der Waals surface area contributed by atoms with Gasteiger partial charge in [0.2, 0.25) is 0 Å². The maximum atomic E-state index is 13.5. The van der Waals surface area contributed by atoms with Crippen molar-refractivity contribution in [1.29, 1.82) is 0 Å². The Labute approximate surface area is 229 Å². The molecular formula is C32H31ClN2O3. The smallest absolute Gasteiger partial charge is 0.253 e. The first-order valence-electron chi connectivity index (χ1n) is 12.8. The van der Waals surface area contributed by atoms with Crippen LogP contribution in [0.3, 0.4) is 0 Å². The van der Waals surface area contributed by atoms with E-state index < -0.39 is 0 Å². The molecule has 1 aliphatic rings. The predicted molar refractivity (Wildman–Crippen MR) is 151 cm³/mol. The molecule has 1 amide bonds. The number of carbonyl (C=O) groups is 1. The number of para-hydroxylation sites is 1. The van der Waals surface area contributed by atoms with Gasteiger partial charge in [0, 0.05) is 37.3 Å². The van der Waals surface area contributed by atoms with Gasteiger partial charge >= 0.3 is 0 Å². The standard InChI is InChI=1S/C32H31ClN2O3/c1-37-29-17-16-26(22-27(29)23-38-30-15-9-8-14-28(30)33)32(36)35-20-18-34(19-21-35)31(24-10-4-2-5-11-24)25-12-6-3-7-13-25/h2-17,22,31H,18-21,23H2,1H3. The van der Waals surface area contributed by atoms with Gasteiger partial charge in [0.25, 0.3) is 5.91 Å². The van der Waals surface area contributed by atoms with Gasteiger partial charge in [0.05, 0.1) is 18.2 Å². The number of carbonyl (C=O) groups excluding carboxylic acids is 1. The van der Waals surface area contributed by atoms with Crippen LogP contribution in [-0.4, -0.2) is 49.0 Å². The molecular weight excluding hydrogens is 496 g/mol. The number of ether oxygens (including phenoxy) is 2. The molecule has 0 N–H and O–H groups in total. The molecule has 1 heterocycles. The molecule has 0 bridgehead atoms. The molecule has 5 nitrogen and oxygen atoms in total. The summed E-state index contributed by atoms with van der Waals surface area (Å²) in [5.74, 6) is 1.28. The van der Waals surface area contributed by atoms with E-state index in [4.69, 9.17) is 21.1 Å². The molecule has 1 aliphatic heterocycles. The molecule has 4 aromatic rings. The molecule has 5 rings (SSSR count). The summed E-state index contributed by atoms with van der Waals surface area (Å²) in [5, 5.41) is 0.542. The zero-order valence-corrected chi connectivity index (χ0v) is 22.2. The first-order chi connectivity index (χ1) is 18.6. The molecule has 0 saturated carbocycles. The zero-order chi connectivity index (χ0) is 26.3. The maximum Gasteiger partial charge on any atom is 0.253 e. The first kappa shape index (κ1) is 25.8. The summed E-state index contributed by atoms with van der Waals surface area (Å²) in [7, 11) is 1.62. The van der Waals surface area contributed by atoms with Crippen molar-refractivity contribution in [3.05, 3.63) is 130 Å². The largest absolute Gasteiger partial charge is 0.496 e. The lowest BCUT2D eigenvalue weighted by Crippen LogP contribution is -2.49. The maximum absolute atomic E-state index is 13.5. The van der Waals surface area contributed by atoms with Crippen molar-refractivity contribution in [2.24, 2.45) is 0 Å². The van der Waals surface area contributed by atoms with E-state index >= 15 is 0 Å². The minimum Gasteiger partial charge on any atom is -0.496 e. The molecule has 4 aromatic carbocycles. The Bertz CT molecular complexity index is 1320. The van der Waals surface area contributed by atoms with Crippen LogP contribution in [0.1, 0.15) is 33.1 Å². The summed E-state index contributed by atoms with van der Waals surface area (Å²) in [6.07, 6.45) is 0. The summed E-state index contributed by atoms with van der Waals surface area (Å²) in [6.45, 7) is 3.15. The van der Waals surface area contributed by atoms with Crippen LogP contribution in [0, 0.1) is 0 Å². The number of hydrogen-bond donors (Lipinski definition) is 0. The van der Waals surface area contributed by atoms with E-state index in [0.29, 0.717) is 35.2 Å². The van der Waals surface area contributed by atoms with Crippen LogP contribution < -0.4 is 9.47 Å². The van der Waals surface area contributed by atoms with Gasteiger partial charge < -0.3 is 14.4 Å². The van der Waals surface area contributed by atoms with Crippen LogP contribution in [-0.2, 0) is 6.61 Å². The Morgan fingerprint density at radius 3 is 2.00 bits per heavy atom. The highest BCUT2D eigenvalue weighted by Gasteiger charge is 2.28. The minimum absolute atomic E-state index is 0.0160. The Morgan fingerprint density at radius 1 is 0.789 bits per heavy atom. The van der Waals surface area contributed by atoms with E-state index in [0.717, 1.165) is 18.7 Å². The van der Waals surface area contributed by atoms with Gasteiger partial charge in [-0.2, -0.15) is 0 Å². The Hall–Kier alpha value is -3.80. The first-order valence-corrected chi connectivity index (χ1v) is 13.2. The second kappa shape index (κ2) is 12.2. The lowest BCUT2D eigenvalue weighted by molar-refractivity contribution is 0.0597. The van der Waals surface area contributed by atoms with Crippen LogP contribution in [0.5, 0.6) is 11.5 Å². The lowest BCUT2D eigenvalue weighted by Gasteiger charge is -2.40. The van der Waals surface area contributed by atoms with Crippen molar-refractivity contribution in [3.8, 4) is 11.5 Å². The molecule has 194 valence electrons. The molecule has 1 fully saturated rings. The number of nitrogens with zero attached hydrogens (tertiary/aromatic N) is 2. The van der Waals surface area contributed by atoms with Crippen molar-refractivity contribution >= 4 is 17.5 Å². The lowest BCUT2D eigenvalue weighted by atomic mass is 9.96. The fourth-order valence-electron chi connectivity index (χ4n) is 4.99. The van der Waals surface area contributed by atoms with Crippen molar-refractivity contribution < 1.29 is 14.3 Å². The molecule has 0 radical (unpaired) electrons. The highest BCUT2D eigenvalue weighted by Crippen LogP contribution is 2.30. The third kappa shape index (κ3) is 5.85. The van der Waals surface area contributed by atoms with E-state index in [1.54, 1.807) is 13.2 Å². The zero-order valence-electron chi connectivity index (χ0n) is 21.4. The normalized spacial score (nSPS) is 13.9. The number of hydrogen-bond acceptors (Lipinski definition) is 4. The average molecular weight is 527 g/mol. The van der Waals surface area contributed by atoms with Crippen LogP contribution in [0.15, 0.2) is 103 Å². The second-order valence-corrected chi connectivity index (χ2v) is 9.70. The number of piperazine rings is 1. The molecule has 38 heavy (non-hydrogen) atoms. The Morgan fingerprint density at radius 2 is 1.39 bits per heavy atom. The summed E-state index contributed by atoms with van der Waals surface area (Å²) in [5.41, 5.74) is 3.94. The third-order valence-corrected chi connectivity index (χ3v) is 7.26. The minimum atomic E-state index is 0.0160. The third-order valence-electron chi connectivity index (χ3n) is 6.94. The topological polar surface area (TPSA) is 42.0 Å². The van der Waals surface area contributed by atoms with Gasteiger partial charge in [-0.3, -0.25) is 9.69 Å². The SMILES string of the molecule is COc1ccc(C(=O)N2CCN(C(c3ccccc3)c3ccccc3)CC2)cc1COc1ccccc1Cl. The van der Waals surface area contributed by atoms with E-state index in [1.807, 2.05) is 53.4 Å². The fourth-order valence-corrected chi connectivity index (χ4v) is 5.18. The molecule has 6 heteroatoms. The Balaban J connectivity index is 1.29. The van der Waals surface area contributed by atoms with Crippen LogP contribution in [0.2, 0.25) is 5.02 Å². The second-order valence-electron chi connectivity index (χ2n) is 9.30. The van der Waals surface area contributed by atoms with Gasteiger partial charge in [-0.15, -0.1) is 0 Å². The summed E-state index contributed by atoms with van der Waals surface area (Å²) < 4.78 is 11.5. The number of halogens is 1. The number of amides is 1. The molecule has 0 aliphatic carbocycles. The van der Waals surface area contributed by atoms with Crippen molar-refractivity contribution in [2.45, 2.75) is 12.6 Å². The van der Waals surface area contributed by atoms with Crippen molar-refractivity contribution in [1.82, 2.24) is 9.80 Å². The quantitative estimate of drug-likeness (QED) is 0.264. The van der Waals surface area contributed by atoms with Crippen molar-refractivity contribution in [2.75, 3.05) is 33.3 Å².